The van der Waals surface area contributed by atoms with Gasteiger partial charge in [0.1, 0.15) is 11.8 Å². The van der Waals surface area contributed by atoms with Crippen molar-refractivity contribution < 1.29 is 13.8 Å². The van der Waals surface area contributed by atoms with E-state index in [-0.39, 0.29) is 11.9 Å². The highest BCUT2D eigenvalue weighted by Gasteiger charge is 2.18. The van der Waals surface area contributed by atoms with E-state index in [1.54, 1.807) is 0 Å². The molecule has 2 aromatic heterocycles. The smallest absolute Gasteiger partial charge is 0.248 e. The molecule has 0 radical (unpaired) electrons. The monoisotopic (exact) mass is 320 g/mol. The number of rotatable bonds is 7. The summed E-state index contributed by atoms with van der Waals surface area (Å²) in [5, 5.41) is 10.7. The van der Waals surface area contributed by atoms with Gasteiger partial charge in [-0.3, -0.25) is 4.79 Å². The van der Waals surface area contributed by atoms with E-state index >= 15 is 0 Å². The number of nitrogens with zero attached hydrogens (tertiary/aromatic N) is 3. The Kier molecular flexibility index (Phi) is 5.52. The van der Waals surface area contributed by atoms with Crippen LogP contribution in [0, 0.1) is 19.8 Å². The van der Waals surface area contributed by atoms with Crippen LogP contribution in [-0.4, -0.2) is 21.2 Å². The summed E-state index contributed by atoms with van der Waals surface area (Å²) >= 11 is 0. The number of carbonyl (C=O) groups is 1. The van der Waals surface area contributed by atoms with Crippen molar-refractivity contribution >= 4 is 5.91 Å². The number of aryl methyl sites for hydroxylation is 2. The zero-order valence-corrected chi connectivity index (χ0v) is 14.3. The van der Waals surface area contributed by atoms with Gasteiger partial charge in [-0.2, -0.15) is 4.98 Å². The Morgan fingerprint density at radius 2 is 1.91 bits per heavy atom. The number of amides is 1. The van der Waals surface area contributed by atoms with E-state index in [1.165, 1.54) is 0 Å². The summed E-state index contributed by atoms with van der Waals surface area (Å²) in [5.74, 6) is 2.26. The topological polar surface area (TPSA) is 94.1 Å². The third-order valence-electron chi connectivity index (χ3n) is 3.61. The lowest BCUT2D eigenvalue weighted by atomic mass is 10.1. The zero-order chi connectivity index (χ0) is 17.0. The molecule has 7 heteroatoms. The molecule has 0 aliphatic rings. The summed E-state index contributed by atoms with van der Waals surface area (Å²) in [6, 6.07) is -0.305. The van der Waals surface area contributed by atoms with Crippen molar-refractivity contribution in [2.45, 2.75) is 59.9 Å². The SMILES string of the molecule is Cc1noc(C)c1CCC(=O)NC(C)c1nc(CC(C)C)no1. The van der Waals surface area contributed by atoms with E-state index in [9.17, 15) is 4.79 Å². The maximum Gasteiger partial charge on any atom is 0.248 e. The van der Waals surface area contributed by atoms with Gasteiger partial charge in [-0.1, -0.05) is 24.2 Å². The number of hydrogen-bond acceptors (Lipinski definition) is 6. The van der Waals surface area contributed by atoms with Crippen LogP contribution in [0.4, 0.5) is 0 Å². The molecule has 126 valence electrons. The normalized spacial score (nSPS) is 12.6. The predicted octanol–water partition coefficient (Wildman–Crippen LogP) is 2.68. The Balaban J connectivity index is 1.86. The third kappa shape index (κ3) is 4.64. The molecule has 1 N–H and O–H groups in total. The Morgan fingerprint density at radius 3 is 2.52 bits per heavy atom. The molecular weight excluding hydrogens is 296 g/mol. The maximum atomic E-state index is 12.1. The molecule has 0 fully saturated rings. The highest BCUT2D eigenvalue weighted by atomic mass is 16.5. The second-order valence-corrected chi connectivity index (χ2v) is 6.24. The minimum atomic E-state index is -0.305. The standard InChI is InChI=1S/C16H24N4O3/c1-9(2)8-14-18-16(23-20-14)11(4)17-15(21)7-6-13-10(3)19-22-12(13)5/h9,11H,6-8H2,1-5H3,(H,17,21). The lowest BCUT2D eigenvalue weighted by molar-refractivity contribution is -0.121. The van der Waals surface area contributed by atoms with Crippen LogP contribution in [0.1, 0.15) is 62.0 Å². The molecule has 2 aromatic rings. The highest BCUT2D eigenvalue weighted by molar-refractivity contribution is 5.76. The first kappa shape index (κ1) is 17.2. The molecule has 1 amide bonds. The second kappa shape index (κ2) is 7.39. The minimum Gasteiger partial charge on any atom is -0.361 e. The molecule has 2 heterocycles. The maximum absolute atomic E-state index is 12.1. The Hall–Kier alpha value is -2.18. The van der Waals surface area contributed by atoms with Crippen LogP contribution in [0.2, 0.25) is 0 Å². The Morgan fingerprint density at radius 1 is 1.17 bits per heavy atom. The molecular formula is C16H24N4O3. The van der Waals surface area contributed by atoms with Crippen molar-refractivity contribution in [2.24, 2.45) is 5.92 Å². The van der Waals surface area contributed by atoms with Crippen LogP contribution >= 0.6 is 0 Å². The molecule has 0 aliphatic carbocycles. The molecule has 0 spiro atoms. The second-order valence-electron chi connectivity index (χ2n) is 6.24. The van der Waals surface area contributed by atoms with Gasteiger partial charge in [-0.25, -0.2) is 0 Å². The van der Waals surface area contributed by atoms with Crippen molar-refractivity contribution in [3.05, 3.63) is 28.7 Å². The zero-order valence-electron chi connectivity index (χ0n) is 14.3. The van der Waals surface area contributed by atoms with Gasteiger partial charge < -0.3 is 14.4 Å². The Bertz CT molecular complexity index is 641. The molecule has 2 rings (SSSR count). The summed E-state index contributed by atoms with van der Waals surface area (Å²) in [6.07, 6.45) is 1.72. The predicted molar refractivity (Wildman–Crippen MR) is 83.7 cm³/mol. The van der Waals surface area contributed by atoms with Crippen LogP contribution in [0.25, 0.3) is 0 Å². The quantitative estimate of drug-likeness (QED) is 0.843. The van der Waals surface area contributed by atoms with Crippen molar-refractivity contribution in [3.8, 4) is 0 Å². The Labute approximate surface area is 135 Å². The lowest BCUT2D eigenvalue weighted by Crippen LogP contribution is -2.27. The van der Waals surface area contributed by atoms with E-state index in [4.69, 9.17) is 9.05 Å². The summed E-state index contributed by atoms with van der Waals surface area (Å²) in [7, 11) is 0. The van der Waals surface area contributed by atoms with E-state index in [1.807, 2.05) is 20.8 Å². The van der Waals surface area contributed by atoms with Crippen LogP contribution in [0.3, 0.4) is 0 Å². The molecule has 0 aliphatic heterocycles. The van der Waals surface area contributed by atoms with Gasteiger partial charge in [0.2, 0.25) is 11.8 Å². The fraction of sp³-hybridized carbons (Fsp3) is 0.625. The van der Waals surface area contributed by atoms with Crippen LogP contribution in [-0.2, 0) is 17.6 Å². The van der Waals surface area contributed by atoms with Crippen LogP contribution in [0.15, 0.2) is 9.05 Å². The molecule has 0 saturated heterocycles. The van der Waals surface area contributed by atoms with Gasteiger partial charge in [0.05, 0.1) is 5.69 Å². The van der Waals surface area contributed by atoms with Crippen molar-refractivity contribution in [2.75, 3.05) is 0 Å². The first-order chi connectivity index (χ1) is 10.9. The lowest BCUT2D eigenvalue weighted by Gasteiger charge is -2.09. The van der Waals surface area contributed by atoms with Gasteiger partial charge in [0.25, 0.3) is 0 Å². The molecule has 0 aromatic carbocycles. The van der Waals surface area contributed by atoms with Crippen molar-refractivity contribution in [1.29, 1.82) is 0 Å². The van der Waals surface area contributed by atoms with Gasteiger partial charge in [0, 0.05) is 18.4 Å². The number of carbonyl (C=O) groups excluding carboxylic acids is 1. The largest absolute Gasteiger partial charge is 0.361 e. The van der Waals surface area contributed by atoms with Crippen LogP contribution in [0.5, 0.6) is 0 Å². The van der Waals surface area contributed by atoms with Gasteiger partial charge in [-0.05, 0) is 33.1 Å². The van der Waals surface area contributed by atoms with Gasteiger partial charge >= 0.3 is 0 Å². The van der Waals surface area contributed by atoms with E-state index in [0.717, 1.165) is 23.4 Å². The molecule has 0 saturated carbocycles. The molecule has 1 atom stereocenters. The minimum absolute atomic E-state index is 0.0684. The van der Waals surface area contributed by atoms with Gasteiger partial charge in [-0.15, -0.1) is 0 Å². The fourth-order valence-electron chi connectivity index (χ4n) is 2.36. The summed E-state index contributed by atoms with van der Waals surface area (Å²) in [6.45, 7) is 9.75. The average molecular weight is 320 g/mol. The van der Waals surface area contributed by atoms with Crippen molar-refractivity contribution in [3.63, 3.8) is 0 Å². The first-order valence-corrected chi connectivity index (χ1v) is 7.90. The summed E-state index contributed by atoms with van der Waals surface area (Å²) < 4.78 is 10.3. The van der Waals surface area contributed by atoms with E-state index < -0.39 is 0 Å². The molecule has 0 bridgehead atoms. The highest BCUT2D eigenvalue weighted by Crippen LogP contribution is 2.15. The number of aromatic nitrogens is 3. The summed E-state index contributed by atoms with van der Waals surface area (Å²) in [4.78, 5) is 16.4. The van der Waals surface area contributed by atoms with Gasteiger partial charge in [0.15, 0.2) is 5.82 Å². The molecule has 7 nitrogen and oxygen atoms in total. The third-order valence-corrected chi connectivity index (χ3v) is 3.61. The molecule has 1 unspecified atom stereocenters. The van der Waals surface area contributed by atoms with Crippen molar-refractivity contribution in [1.82, 2.24) is 20.6 Å². The average Bonchev–Trinajstić information content (AvgIpc) is 3.04. The van der Waals surface area contributed by atoms with E-state index in [2.05, 4.69) is 34.5 Å². The fourth-order valence-corrected chi connectivity index (χ4v) is 2.36. The summed E-state index contributed by atoms with van der Waals surface area (Å²) in [5.41, 5.74) is 1.82. The van der Waals surface area contributed by atoms with Crippen LogP contribution < -0.4 is 5.32 Å². The number of hydrogen-bond donors (Lipinski definition) is 1. The number of nitrogens with one attached hydrogen (secondary N) is 1. The van der Waals surface area contributed by atoms with E-state index in [0.29, 0.717) is 30.5 Å². The molecule has 23 heavy (non-hydrogen) atoms. The first-order valence-electron chi connectivity index (χ1n) is 7.90.